The van der Waals surface area contributed by atoms with Gasteiger partial charge in [0, 0.05) is 20.0 Å². The van der Waals surface area contributed by atoms with E-state index < -0.39 is 18.1 Å². The molecule has 0 unspecified atom stereocenters. The predicted octanol–water partition coefficient (Wildman–Crippen LogP) is 1.86. The van der Waals surface area contributed by atoms with Gasteiger partial charge in [-0.2, -0.15) is 18.2 Å². The number of likely N-dealkylation sites (tertiary alicyclic amines) is 1. The predicted molar refractivity (Wildman–Crippen MR) is 61.6 cm³/mol. The van der Waals surface area contributed by atoms with Gasteiger partial charge in [0.25, 0.3) is 0 Å². The Morgan fingerprint density at radius 2 is 2.10 bits per heavy atom. The van der Waals surface area contributed by atoms with Crippen LogP contribution in [0.15, 0.2) is 4.52 Å². The van der Waals surface area contributed by atoms with E-state index in [1.807, 2.05) is 0 Å². The second-order valence-electron chi connectivity index (χ2n) is 4.69. The van der Waals surface area contributed by atoms with Crippen LogP contribution in [0.5, 0.6) is 0 Å². The molecule has 0 atom stereocenters. The topological polar surface area (TPSA) is 71.3 Å². The molecule has 6 nitrogen and oxygen atoms in total. The molecule has 0 bridgehead atoms. The Morgan fingerprint density at radius 1 is 1.45 bits per heavy atom. The van der Waals surface area contributed by atoms with Crippen LogP contribution in [-0.4, -0.2) is 40.3 Å². The number of piperidine rings is 1. The summed E-state index contributed by atoms with van der Waals surface area (Å²) in [5, 5.41) is 6.17. The molecule has 20 heavy (non-hydrogen) atoms. The Morgan fingerprint density at radius 3 is 2.60 bits per heavy atom. The lowest BCUT2D eigenvalue weighted by atomic mass is 9.96. The lowest BCUT2D eigenvalue weighted by molar-refractivity contribution is -0.183. The maximum absolute atomic E-state index is 12.5. The number of aryl methyl sites for hydroxylation is 1. The highest BCUT2D eigenvalue weighted by atomic mass is 19.4. The van der Waals surface area contributed by atoms with Gasteiger partial charge in [0.2, 0.25) is 5.89 Å². The first kappa shape index (κ1) is 14.6. The number of rotatable bonds is 2. The fraction of sp³-hybridized carbons (Fsp3) is 0.727. The molecule has 0 radical (unpaired) electrons. The number of hydrogen-bond acceptors (Lipinski definition) is 4. The van der Waals surface area contributed by atoms with Gasteiger partial charge in [-0.25, -0.2) is 4.79 Å². The average molecular weight is 292 g/mol. The Hall–Kier alpha value is -1.80. The SMILES string of the molecule is Cc1nc(CNC(=O)N2CCC(C(F)(F)F)CC2)no1. The van der Waals surface area contributed by atoms with Gasteiger partial charge in [0.1, 0.15) is 0 Å². The Bertz CT molecular complexity index is 466. The van der Waals surface area contributed by atoms with E-state index in [0.717, 1.165) is 0 Å². The zero-order chi connectivity index (χ0) is 14.8. The lowest BCUT2D eigenvalue weighted by Gasteiger charge is -2.32. The normalized spacial score (nSPS) is 17.3. The third-order valence-electron chi connectivity index (χ3n) is 3.21. The molecule has 1 aliphatic heterocycles. The van der Waals surface area contributed by atoms with Crippen molar-refractivity contribution in [3.8, 4) is 0 Å². The van der Waals surface area contributed by atoms with E-state index in [1.165, 1.54) is 4.90 Å². The summed E-state index contributed by atoms with van der Waals surface area (Å²) in [7, 11) is 0. The van der Waals surface area contributed by atoms with Crippen molar-refractivity contribution in [1.29, 1.82) is 0 Å². The van der Waals surface area contributed by atoms with Crippen molar-refractivity contribution in [2.24, 2.45) is 5.92 Å². The summed E-state index contributed by atoms with van der Waals surface area (Å²) in [6.07, 6.45) is -4.29. The lowest BCUT2D eigenvalue weighted by Crippen LogP contribution is -2.46. The zero-order valence-electron chi connectivity index (χ0n) is 10.9. The van der Waals surface area contributed by atoms with Gasteiger partial charge in [0.05, 0.1) is 12.5 Å². The van der Waals surface area contributed by atoms with Gasteiger partial charge < -0.3 is 14.7 Å². The zero-order valence-corrected chi connectivity index (χ0v) is 10.9. The molecule has 1 fully saturated rings. The number of nitrogens with one attached hydrogen (secondary N) is 1. The largest absolute Gasteiger partial charge is 0.391 e. The van der Waals surface area contributed by atoms with E-state index in [4.69, 9.17) is 4.52 Å². The molecule has 1 N–H and O–H groups in total. The molecule has 2 amide bonds. The molecule has 0 aromatic carbocycles. The molecule has 1 saturated heterocycles. The molecule has 0 spiro atoms. The first-order chi connectivity index (χ1) is 9.36. The summed E-state index contributed by atoms with van der Waals surface area (Å²) in [5.41, 5.74) is 0. The number of alkyl halides is 3. The maximum atomic E-state index is 12.5. The van der Waals surface area contributed by atoms with Crippen molar-refractivity contribution in [1.82, 2.24) is 20.4 Å². The fourth-order valence-electron chi connectivity index (χ4n) is 2.09. The van der Waals surface area contributed by atoms with Gasteiger partial charge in [-0.15, -0.1) is 0 Å². The van der Waals surface area contributed by atoms with Crippen molar-refractivity contribution in [3.05, 3.63) is 11.7 Å². The van der Waals surface area contributed by atoms with E-state index in [2.05, 4.69) is 15.5 Å². The number of halogens is 3. The van der Waals surface area contributed by atoms with Crippen molar-refractivity contribution in [3.63, 3.8) is 0 Å². The van der Waals surface area contributed by atoms with E-state index in [9.17, 15) is 18.0 Å². The Labute approximate surface area is 113 Å². The van der Waals surface area contributed by atoms with Gasteiger partial charge in [0.15, 0.2) is 5.82 Å². The summed E-state index contributed by atoms with van der Waals surface area (Å²) in [4.78, 5) is 17.1. The highest BCUT2D eigenvalue weighted by Gasteiger charge is 2.41. The molecule has 112 valence electrons. The molecule has 1 aromatic rings. The number of urea groups is 1. The maximum Gasteiger partial charge on any atom is 0.391 e. The Kier molecular flexibility index (Phi) is 4.15. The smallest absolute Gasteiger partial charge is 0.340 e. The molecule has 0 aliphatic carbocycles. The fourth-order valence-corrected chi connectivity index (χ4v) is 2.09. The van der Waals surface area contributed by atoms with Crippen LogP contribution >= 0.6 is 0 Å². The summed E-state index contributed by atoms with van der Waals surface area (Å²) >= 11 is 0. The minimum absolute atomic E-state index is 0.0573. The van der Waals surface area contributed by atoms with Gasteiger partial charge in [-0.3, -0.25) is 0 Å². The molecule has 0 saturated carbocycles. The summed E-state index contributed by atoms with van der Waals surface area (Å²) in [5.74, 6) is -0.590. The highest BCUT2D eigenvalue weighted by Crippen LogP contribution is 2.33. The molecule has 9 heteroatoms. The molecule has 1 aromatic heterocycles. The van der Waals surface area contributed by atoms with Crippen LogP contribution in [0.1, 0.15) is 24.6 Å². The first-order valence-electron chi connectivity index (χ1n) is 6.25. The van der Waals surface area contributed by atoms with Gasteiger partial charge in [-0.05, 0) is 12.8 Å². The number of nitrogens with zero attached hydrogens (tertiary/aromatic N) is 3. The quantitative estimate of drug-likeness (QED) is 0.903. The van der Waals surface area contributed by atoms with E-state index in [-0.39, 0.29) is 32.5 Å². The average Bonchev–Trinajstić information content (AvgIpc) is 2.81. The Balaban J connectivity index is 1.77. The third-order valence-corrected chi connectivity index (χ3v) is 3.21. The van der Waals surface area contributed by atoms with Crippen molar-refractivity contribution in [2.75, 3.05) is 13.1 Å². The van der Waals surface area contributed by atoms with E-state index in [0.29, 0.717) is 11.7 Å². The van der Waals surface area contributed by atoms with Crippen molar-refractivity contribution >= 4 is 6.03 Å². The van der Waals surface area contributed by atoms with E-state index in [1.54, 1.807) is 6.92 Å². The molecule has 1 aliphatic rings. The van der Waals surface area contributed by atoms with Crippen LogP contribution in [0.3, 0.4) is 0 Å². The number of carbonyl (C=O) groups excluding carboxylic acids is 1. The standard InChI is InChI=1S/C11H15F3N4O2/c1-7-16-9(17-20-7)6-15-10(19)18-4-2-8(3-5-18)11(12,13)14/h8H,2-6H2,1H3,(H,15,19). The monoisotopic (exact) mass is 292 g/mol. The van der Waals surface area contributed by atoms with Crippen LogP contribution in [0, 0.1) is 12.8 Å². The number of hydrogen-bond donors (Lipinski definition) is 1. The van der Waals surface area contributed by atoms with Gasteiger partial charge >= 0.3 is 12.2 Å². The molecule has 2 heterocycles. The number of amides is 2. The number of aromatic nitrogens is 2. The van der Waals surface area contributed by atoms with E-state index >= 15 is 0 Å². The first-order valence-corrected chi connectivity index (χ1v) is 6.25. The minimum Gasteiger partial charge on any atom is -0.340 e. The molecular weight excluding hydrogens is 277 g/mol. The van der Waals surface area contributed by atoms with Crippen LogP contribution < -0.4 is 5.32 Å². The van der Waals surface area contributed by atoms with Crippen LogP contribution in [-0.2, 0) is 6.54 Å². The summed E-state index contributed by atoms with van der Waals surface area (Å²) in [6.45, 7) is 1.91. The van der Waals surface area contributed by atoms with Crippen LogP contribution in [0.4, 0.5) is 18.0 Å². The minimum atomic E-state index is -4.18. The molecule has 2 rings (SSSR count). The summed E-state index contributed by atoms with van der Waals surface area (Å²) in [6, 6.07) is -0.409. The number of carbonyl (C=O) groups is 1. The van der Waals surface area contributed by atoms with Crippen LogP contribution in [0.2, 0.25) is 0 Å². The van der Waals surface area contributed by atoms with Crippen LogP contribution in [0.25, 0.3) is 0 Å². The highest BCUT2D eigenvalue weighted by molar-refractivity contribution is 5.74. The molecular formula is C11H15F3N4O2. The summed E-state index contributed by atoms with van der Waals surface area (Å²) < 4.78 is 42.2. The van der Waals surface area contributed by atoms with Gasteiger partial charge in [-0.1, -0.05) is 5.16 Å². The van der Waals surface area contributed by atoms with Crippen molar-refractivity contribution in [2.45, 2.75) is 32.5 Å². The second kappa shape index (κ2) is 5.68. The second-order valence-corrected chi connectivity index (χ2v) is 4.69. The van der Waals surface area contributed by atoms with Crippen molar-refractivity contribution < 1.29 is 22.5 Å². The third kappa shape index (κ3) is 3.61.